The number of benzene rings is 2. The van der Waals surface area contributed by atoms with Crippen molar-refractivity contribution in [2.75, 3.05) is 5.32 Å². The highest BCUT2D eigenvalue weighted by Gasteiger charge is 2.40. The van der Waals surface area contributed by atoms with E-state index in [9.17, 15) is 0 Å². The molecule has 0 bridgehead atoms. The fourth-order valence-electron chi connectivity index (χ4n) is 3.88. The number of aryl methyl sites for hydroxylation is 1. The minimum atomic E-state index is 0.130. The zero-order valence-electron chi connectivity index (χ0n) is 12.6. The van der Waals surface area contributed by atoms with Crippen molar-refractivity contribution >= 4 is 40.5 Å². The highest BCUT2D eigenvalue weighted by Crippen LogP contribution is 2.53. The molecule has 1 N–H and O–H groups in total. The highest BCUT2D eigenvalue weighted by atomic mass is 35.5. The van der Waals surface area contributed by atoms with E-state index in [4.69, 9.17) is 34.8 Å². The van der Waals surface area contributed by atoms with Gasteiger partial charge in [0.1, 0.15) is 0 Å². The van der Waals surface area contributed by atoms with E-state index >= 15 is 0 Å². The third-order valence-electron chi connectivity index (χ3n) is 4.99. The quantitative estimate of drug-likeness (QED) is 0.550. The van der Waals surface area contributed by atoms with E-state index in [0.717, 1.165) is 22.7 Å². The third kappa shape index (κ3) is 2.38. The summed E-state index contributed by atoms with van der Waals surface area (Å²) in [5, 5.41) is 5.76. The SMILES string of the molecule is Cc1ccc(Cl)c2c1NC(c1cccc(Cl)c1Cl)C1CC=CC21. The van der Waals surface area contributed by atoms with Crippen LogP contribution in [0.2, 0.25) is 15.1 Å². The molecule has 2 aromatic rings. The van der Waals surface area contributed by atoms with Crippen LogP contribution in [0.5, 0.6) is 0 Å². The maximum atomic E-state index is 6.51. The van der Waals surface area contributed by atoms with Crippen molar-refractivity contribution in [3.05, 3.63) is 74.2 Å². The van der Waals surface area contributed by atoms with Gasteiger partial charge in [0, 0.05) is 22.2 Å². The molecule has 118 valence electrons. The Morgan fingerprint density at radius 1 is 1.04 bits per heavy atom. The van der Waals surface area contributed by atoms with E-state index in [-0.39, 0.29) is 6.04 Å². The molecular weight excluding hydrogens is 349 g/mol. The Kier molecular flexibility index (Phi) is 3.84. The minimum absolute atomic E-state index is 0.130. The van der Waals surface area contributed by atoms with Crippen molar-refractivity contribution < 1.29 is 0 Å². The normalized spacial score (nSPS) is 25.0. The number of fused-ring (bicyclic) bond motifs is 3. The molecule has 3 atom stereocenters. The van der Waals surface area contributed by atoms with E-state index < -0.39 is 0 Å². The molecule has 2 aliphatic rings. The first-order chi connectivity index (χ1) is 11.1. The van der Waals surface area contributed by atoms with Gasteiger partial charge >= 0.3 is 0 Å². The predicted molar refractivity (Wildman–Crippen MR) is 99.0 cm³/mol. The summed E-state index contributed by atoms with van der Waals surface area (Å²) in [6, 6.07) is 10.0. The molecule has 0 fully saturated rings. The Hall–Kier alpha value is -1.15. The topological polar surface area (TPSA) is 12.0 Å². The molecule has 4 rings (SSSR count). The van der Waals surface area contributed by atoms with Gasteiger partial charge in [0.05, 0.1) is 16.1 Å². The van der Waals surface area contributed by atoms with E-state index in [1.807, 2.05) is 18.2 Å². The molecule has 1 aliphatic heterocycles. The summed E-state index contributed by atoms with van der Waals surface area (Å²) in [5.74, 6) is 0.719. The first kappa shape index (κ1) is 15.4. The van der Waals surface area contributed by atoms with Crippen molar-refractivity contribution in [3.63, 3.8) is 0 Å². The second-order valence-corrected chi connectivity index (χ2v) is 7.46. The average molecular weight is 365 g/mol. The van der Waals surface area contributed by atoms with E-state index in [1.165, 1.54) is 11.1 Å². The molecular formula is C19H16Cl3N. The first-order valence-corrected chi connectivity index (χ1v) is 8.87. The lowest BCUT2D eigenvalue weighted by Gasteiger charge is -2.39. The Balaban J connectivity index is 1.88. The molecule has 1 nitrogen and oxygen atoms in total. The highest BCUT2D eigenvalue weighted by molar-refractivity contribution is 6.42. The van der Waals surface area contributed by atoms with E-state index in [0.29, 0.717) is 21.9 Å². The van der Waals surface area contributed by atoms with Crippen LogP contribution in [-0.2, 0) is 0 Å². The van der Waals surface area contributed by atoms with Gasteiger partial charge in [0.2, 0.25) is 0 Å². The summed E-state index contributed by atoms with van der Waals surface area (Å²) in [6.45, 7) is 2.11. The number of hydrogen-bond acceptors (Lipinski definition) is 1. The molecule has 0 amide bonds. The first-order valence-electron chi connectivity index (χ1n) is 7.74. The zero-order valence-corrected chi connectivity index (χ0v) is 14.9. The van der Waals surface area contributed by atoms with Crippen molar-refractivity contribution in [1.29, 1.82) is 0 Å². The van der Waals surface area contributed by atoms with Gasteiger partial charge in [-0.2, -0.15) is 0 Å². The summed E-state index contributed by atoms with van der Waals surface area (Å²) in [4.78, 5) is 0. The monoisotopic (exact) mass is 363 g/mol. The van der Waals surface area contributed by atoms with Crippen LogP contribution in [0, 0.1) is 12.8 Å². The van der Waals surface area contributed by atoms with Crippen LogP contribution in [0.3, 0.4) is 0 Å². The van der Waals surface area contributed by atoms with Crippen LogP contribution in [0.15, 0.2) is 42.5 Å². The standard InChI is InChI=1S/C19H16Cl3N/c1-10-8-9-14(20)16-11-4-2-5-12(11)19(23-18(10)16)13-6-3-7-15(21)17(13)22/h2-4,6-9,11-12,19,23H,5H2,1H3. The summed E-state index contributed by atoms with van der Waals surface area (Å²) >= 11 is 19.2. The van der Waals surface area contributed by atoms with Gasteiger partial charge in [-0.3, -0.25) is 0 Å². The molecule has 0 aromatic heterocycles. The molecule has 0 saturated carbocycles. The van der Waals surface area contributed by atoms with Crippen LogP contribution >= 0.6 is 34.8 Å². The molecule has 2 aromatic carbocycles. The second kappa shape index (κ2) is 5.73. The summed E-state index contributed by atoms with van der Waals surface area (Å²) < 4.78 is 0. The fourth-order valence-corrected chi connectivity index (χ4v) is 4.59. The second-order valence-electron chi connectivity index (χ2n) is 6.27. The van der Waals surface area contributed by atoms with Crippen LogP contribution in [-0.4, -0.2) is 0 Å². The molecule has 1 heterocycles. The van der Waals surface area contributed by atoms with Gasteiger partial charge in [-0.05, 0) is 42.5 Å². The molecule has 1 aliphatic carbocycles. The lowest BCUT2D eigenvalue weighted by atomic mass is 9.76. The smallest absolute Gasteiger partial charge is 0.0645 e. The van der Waals surface area contributed by atoms with Crippen molar-refractivity contribution in [1.82, 2.24) is 0 Å². The zero-order chi connectivity index (χ0) is 16.1. The number of allylic oxidation sites excluding steroid dienone is 2. The number of anilines is 1. The third-order valence-corrected chi connectivity index (χ3v) is 6.15. The lowest BCUT2D eigenvalue weighted by molar-refractivity contribution is 0.425. The van der Waals surface area contributed by atoms with Crippen LogP contribution in [0.4, 0.5) is 5.69 Å². The molecule has 0 spiro atoms. The average Bonchev–Trinajstić information content (AvgIpc) is 3.02. The maximum Gasteiger partial charge on any atom is 0.0645 e. The van der Waals surface area contributed by atoms with Gasteiger partial charge in [0.25, 0.3) is 0 Å². The van der Waals surface area contributed by atoms with E-state index in [1.54, 1.807) is 0 Å². The van der Waals surface area contributed by atoms with Gasteiger partial charge in [-0.1, -0.05) is 65.2 Å². The van der Waals surface area contributed by atoms with Crippen molar-refractivity contribution in [2.45, 2.75) is 25.3 Å². The minimum Gasteiger partial charge on any atom is -0.377 e. The van der Waals surface area contributed by atoms with Crippen LogP contribution in [0.25, 0.3) is 0 Å². The lowest BCUT2D eigenvalue weighted by Crippen LogP contribution is -2.30. The maximum absolute atomic E-state index is 6.51. The Labute approximate surface area is 151 Å². The summed E-state index contributed by atoms with van der Waals surface area (Å²) in [7, 11) is 0. The Morgan fingerprint density at radius 2 is 1.87 bits per heavy atom. The van der Waals surface area contributed by atoms with Gasteiger partial charge < -0.3 is 5.32 Å². The largest absolute Gasteiger partial charge is 0.377 e. The Bertz CT molecular complexity index is 813. The van der Waals surface area contributed by atoms with E-state index in [2.05, 4.69) is 36.5 Å². The van der Waals surface area contributed by atoms with Gasteiger partial charge in [-0.15, -0.1) is 0 Å². The van der Waals surface area contributed by atoms with Gasteiger partial charge in [-0.25, -0.2) is 0 Å². The number of halogens is 3. The molecule has 0 radical (unpaired) electrons. The van der Waals surface area contributed by atoms with Crippen molar-refractivity contribution in [2.24, 2.45) is 5.92 Å². The van der Waals surface area contributed by atoms with Crippen molar-refractivity contribution in [3.8, 4) is 0 Å². The molecule has 4 heteroatoms. The fraction of sp³-hybridized carbons (Fsp3) is 0.263. The molecule has 3 unspecified atom stereocenters. The van der Waals surface area contributed by atoms with Gasteiger partial charge in [0.15, 0.2) is 0 Å². The Morgan fingerprint density at radius 3 is 2.70 bits per heavy atom. The molecule has 0 saturated heterocycles. The van der Waals surface area contributed by atoms with Crippen LogP contribution < -0.4 is 5.32 Å². The molecule has 23 heavy (non-hydrogen) atoms. The summed E-state index contributed by atoms with van der Waals surface area (Å²) in [6.07, 6.45) is 5.53. The predicted octanol–water partition coefficient (Wildman–Crippen LogP) is 6.78. The summed E-state index contributed by atoms with van der Waals surface area (Å²) in [5.41, 5.74) is 4.60. The number of rotatable bonds is 1. The van der Waals surface area contributed by atoms with Crippen LogP contribution in [0.1, 0.15) is 35.1 Å². The number of hydrogen-bond donors (Lipinski definition) is 1. The number of nitrogens with one attached hydrogen (secondary N) is 1.